The smallest absolute Gasteiger partial charge is 0.242 e. The molecule has 5 nitrogen and oxygen atoms in total. The van der Waals surface area contributed by atoms with Crippen molar-refractivity contribution in [1.29, 1.82) is 0 Å². The molecule has 1 N–H and O–H groups in total. The molecular formula is C19H18N4OS. The average Bonchev–Trinajstić information content (AvgIpc) is 3.39. The van der Waals surface area contributed by atoms with Crippen LogP contribution in [0.5, 0.6) is 0 Å². The second-order valence-corrected chi connectivity index (χ2v) is 7.09. The minimum atomic E-state index is -0.386. The third-order valence-electron chi connectivity index (χ3n) is 4.09. The molecule has 1 heterocycles. The highest BCUT2D eigenvalue weighted by atomic mass is 32.2. The van der Waals surface area contributed by atoms with E-state index in [0.29, 0.717) is 6.04 Å². The molecule has 0 aliphatic heterocycles. The molecule has 25 heavy (non-hydrogen) atoms. The second-order valence-electron chi connectivity index (χ2n) is 6.02. The minimum Gasteiger partial charge on any atom is -0.325 e. The number of aromatic nitrogens is 3. The van der Waals surface area contributed by atoms with Gasteiger partial charge in [0.2, 0.25) is 5.91 Å². The van der Waals surface area contributed by atoms with Crippen molar-refractivity contribution < 1.29 is 4.79 Å². The van der Waals surface area contributed by atoms with Crippen LogP contribution < -0.4 is 5.32 Å². The van der Waals surface area contributed by atoms with Gasteiger partial charge in [-0.05, 0) is 30.5 Å². The topological polar surface area (TPSA) is 59.8 Å². The van der Waals surface area contributed by atoms with Gasteiger partial charge in [0.1, 0.15) is 11.6 Å². The number of carbonyl (C=O) groups excluding carboxylic acids is 1. The third-order valence-corrected chi connectivity index (χ3v) is 5.31. The van der Waals surface area contributed by atoms with Gasteiger partial charge in [0, 0.05) is 11.7 Å². The van der Waals surface area contributed by atoms with E-state index in [1.807, 2.05) is 60.7 Å². The Morgan fingerprint density at radius 2 is 1.76 bits per heavy atom. The molecule has 6 heteroatoms. The van der Waals surface area contributed by atoms with Crippen molar-refractivity contribution in [1.82, 2.24) is 14.8 Å². The summed E-state index contributed by atoms with van der Waals surface area (Å²) in [5.41, 5.74) is 1.74. The monoisotopic (exact) mass is 350 g/mol. The van der Waals surface area contributed by atoms with E-state index in [1.165, 1.54) is 11.8 Å². The largest absolute Gasteiger partial charge is 0.325 e. The van der Waals surface area contributed by atoms with Gasteiger partial charge in [0.05, 0.1) is 0 Å². The summed E-state index contributed by atoms with van der Waals surface area (Å²) in [6.07, 6.45) is 4.06. The number of para-hydroxylation sites is 1. The summed E-state index contributed by atoms with van der Waals surface area (Å²) in [6, 6.07) is 19.8. The molecule has 126 valence electrons. The molecule has 1 saturated carbocycles. The quantitative estimate of drug-likeness (QED) is 0.680. The maximum atomic E-state index is 12.9. The molecular weight excluding hydrogens is 332 g/mol. The fourth-order valence-corrected chi connectivity index (χ4v) is 3.74. The molecule has 1 amide bonds. The van der Waals surface area contributed by atoms with Gasteiger partial charge >= 0.3 is 0 Å². The van der Waals surface area contributed by atoms with E-state index in [-0.39, 0.29) is 11.2 Å². The Bertz CT molecular complexity index is 846. The first kappa shape index (κ1) is 15.9. The van der Waals surface area contributed by atoms with Gasteiger partial charge in [0.15, 0.2) is 5.16 Å². The highest BCUT2D eigenvalue weighted by Crippen LogP contribution is 2.41. The number of nitrogens with zero attached hydrogens (tertiary/aromatic N) is 3. The predicted molar refractivity (Wildman–Crippen MR) is 98.4 cm³/mol. The van der Waals surface area contributed by atoms with Gasteiger partial charge in [-0.1, -0.05) is 60.3 Å². The molecule has 1 atom stereocenters. The van der Waals surface area contributed by atoms with Crippen molar-refractivity contribution in [2.24, 2.45) is 0 Å². The normalized spacial score (nSPS) is 14.9. The van der Waals surface area contributed by atoms with Crippen LogP contribution in [0, 0.1) is 0 Å². The standard InChI is InChI=1S/C19H18N4OS/c24-18(21-15-9-5-2-6-10-15)17(14-7-3-1-4-8-14)25-19-22-20-13-23(19)16-11-12-16/h1-10,13,16-17H,11-12H2,(H,21,24). The summed E-state index contributed by atoms with van der Waals surface area (Å²) >= 11 is 1.45. The first-order valence-corrected chi connectivity index (χ1v) is 9.16. The summed E-state index contributed by atoms with van der Waals surface area (Å²) in [4.78, 5) is 12.9. The molecule has 0 bridgehead atoms. The lowest BCUT2D eigenvalue weighted by molar-refractivity contribution is -0.115. The minimum absolute atomic E-state index is 0.0623. The van der Waals surface area contributed by atoms with Crippen LogP contribution in [0.4, 0.5) is 5.69 Å². The molecule has 1 aromatic heterocycles. The van der Waals surface area contributed by atoms with Gasteiger partial charge in [0.25, 0.3) is 0 Å². The van der Waals surface area contributed by atoms with Crippen LogP contribution in [0.25, 0.3) is 0 Å². The maximum Gasteiger partial charge on any atom is 0.242 e. The Morgan fingerprint density at radius 3 is 2.44 bits per heavy atom. The van der Waals surface area contributed by atoms with Crippen molar-refractivity contribution >= 4 is 23.4 Å². The van der Waals surface area contributed by atoms with E-state index in [4.69, 9.17) is 0 Å². The fourth-order valence-electron chi connectivity index (χ4n) is 2.65. The molecule has 1 fully saturated rings. The molecule has 1 aliphatic carbocycles. The van der Waals surface area contributed by atoms with E-state index in [1.54, 1.807) is 6.33 Å². The lowest BCUT2D eigenvalue weighted by Gasteiger charge is -2.17. The third kappa shape index (κ3) is 3.74. The number of nitrogens with one attached hydrogen (secondary N) is 1. The number of rotatable bonds is 6. The maximum absolute atomic E-state index is 12.9. The summed E-state index contributed by atoms with van der Waals surface area (Å²) in [5.74, 6) is -0.0623. The van der Waals surface area contributed by atoms with E-state index in [0.717, 1.165) is 29.2 Å². The Labute approximate surface area is 150 Å². The Hall–Kier alpha value is -2.60. The fraction of sp³-hybridized carbons (Fsp3) is 0.211. The Kier molecular flexibility index (Phi) is 4.52. The number of carbonyl (C=O) groups is 1. The van der Waals surface area contributed by atoms with E-state index in [9.17, 15) is 4.79 Å². The highest BCUT2D eigenvalue weighted by Gasteiger charge is 2.30. The van der Waals surface area contributed by atoms with Gasteiger partial charge in [-0.25, -0.2) is 0 Å². The van der Waals surface area contributed by atoms with Crippen LogP contribution in [0.1, 0.15) is 29.7 Å². The lowest BCUT2D eigenvalue weighted by atomic mass is 10.1. The van der Waals surface area contributed by atoms with Crippen molar-refractivity contribution in [2.45, 2.75) is 29.3 Å². The van der Waals surface area contributed by atoms with Crippen LogP contribution in [0.15, 0.2) is 72.1 Å². The van der Waals surface area contributed by atoms with Crippen molar-refractivity contribution in [3.63, 3.8) is 0 Å². The van der Waals surface area contributed by atoms with Crippen LogP contribution in [-0.2, 0) is 4.79 Å². The average molecular weight is 350 g/mol. The van der Waals surface area contributed by atoms with Crippen LogP contribution in [0.2, 0.25) is 0 Å². The number of thioether (sulfide) groups is 1. The molecule has 3 aromatic rings. The number of anilines is 1. The van der Waals surface area contributed by atoms with Crippen molar-refractivity contribution in [2.75, 3.05) is 5.32 Å². The lowest BCUT2D eigenvalue weighted by Crippen LogP contribution is -2.19. The number of hydrogen-bond acceptors (Lipinski definition) is 4. The van der Waals surface area contributed by atoms with Crippen molar-refractivity contribution in [3.8, 4) is 0 Å². The van der Waals surface area contributed by atoms with Crippen molar-refractivity contribution in [3.05, 3.63) is 72.6 Å². The van der Waals surface area contributed by atoms with E-state index < -0.39 is 0 Å². The molecule has 2 aromatic carbocycles. The summed E-state index contributed by atoms with van der Waals surface area (Å²) < 4.78 is 2.08. The van der Waals surface area contributed by atoms with Crippen LogP contribution in [0.3, 0.4) is 0 Å². The van der Waals surface area contributed by atoms with Gasteiger partial charge in [-0.3, -0.25) is 4.79 Å². The summed E-state index contributed by atoms with van der Waals surface area (Å²) in [7, 11) is 0. The first-order valence-electron chi connectivity index (χ1n) is 8.28. The first-order chi connectivity index (χ1) is 12.3. The van der Waals surface area contributed by atoms with Crippen LogP contribution in [-0.4, -0.2) is 20.7 Å². The molecule has 0 spiro atoms. The van der Waals surface area contributed by atoms with Gasteiger partial charge in [-0.2, -0.15) is 0 Å². The zero-order valence-corrected chi connectivity index (χ0v) is 14.4. The summed E-state index contributed by atoms with van der Waals surface area (Å²) in [5, 5.41) is 11.7. The zero-order valence-electron chi connectivity index (χ0n) is 13.6. The second kappa shape index (κ2) is 7.11. The zero-order chi connectivity index (χ0) is 17.1. The molecule has 0 saturated heterocycles. The SMILES string of the molecule is O=C(Nc1ccccc1)C(Sc1nncn1C1CC1)c1ccccc1. The Balaban J connectivity index is 1.60. The molecule has 4 rings (SSSR count). The summed E-state index contributed by atoms with van der Waals surface area (Å²) in [6.45, 7) is 0. The van der Waals surface area contributed by atoms with Gasteiger partial charge in [-0.15, -0.1) is 10.2 Å². The van der Waals surface area contributed by atoms with Crippen LogP contribution >= 0.6 is 11.8 Å². The number of benzene rings is 2. The molecule has 0 radical (unpaired) electrons. The molecule has 1 unspecified atom stereocenters. The number of amides is 1. The van der Waals surface area contributed by atoms with Gasteiger partial charge < -0.3 is 9.88 Å². The van der Waals surface area contributed by atoms with E-state index in [2.05, 4.69) is 20.1 Å². The molecule has 1 aliphatic rings. The number of hydrogen-bond donors (Lipinski definition) is 1. The Morgan fingerprint density at radius 1 is 1.08 bits per heavy atom. The van der Waals surface area contributed by atoms with E-state index >= 15 is 0 Å². The predicted octanol–water partition coefficient (Wildman–Crippen LogP) is 4.09. The highest BCUT2D eigenvalue weighted by molar-refractivity contribution is 8.00.